The van der Waals surface area contributed by atoms with E-state index in [1.54, 1.807) is 6.92 Å². The van der Waals surface area contributed by atoms with Gasteiger partial charge in [-0.3, -0.25) is 14.5 Å². The Hall–Kier alpha value is -2.18. The highest BCUT2D eigenvalue weighted by Crippen LogP contribution is 2.35. The van der Waals surface area contributed by atoms with E-state index in [-0.39, 0.29) is 24.6 Å². The van der Waals surface area contributed by atoms with Gasteiger partial charge in [0.2, 0.25) is 5.82 Å². The zero-order chi connectivity index (χ0) is 14.0. The summed E-state index contributed by atoms with van der Waals surface area (Å²) in [5.41, 5.74) is 0.0169. The number of anilines is 1. The van der Waals surface area contributed by atoms with Gasteiger partial charge in [-0.25, -0.2) is 4.39 Å². The molecule has 1 heterocycles. The maximum absolute atomic E-state index is 13.5. The van der Waals surface area contributed by atoms with Crippen molar-refractivity contribution in [2.45, 2.75) is 6.92 Å². The molecule has 0 aliphatic carbocycles. The molecule has 1 amide bonds. The summed E-state index contributed by atoms with van der Waals surface area (Å²) >= 11 is 0. The molecule has 0 atom stereocenters. The molecule has 0 aromatic heterocycles. The van der Waals surface area contributed by atoms with Crippen molar-refractivity contribution < 1.29 is 27.8 Å². The lowest BCUT2D eigenvalue weighted by Crippen LogP contribution is -2.42. The van der Waals surface area contributed by atoms with E-state index < -0.39 is 30.1 Å². The highest BCUT2D eigenvalue weighted by atomic mass is 19.2. The molecule has 102 valence electrons. The second kappa shape index (κ2) is 5.21. The predicted molar refractivity (Wildman–Crippen MR) is 60.8 cm³/mol. The fraction of sp³-hybridized carbons (Fsp3) is 0.333. The van der Waals surface area contributed by atoms with Gasteiger partial charge in [-0.15, -0.1) is 0 Å². The maximum atomic E-state index is 13.5. The largest absolute Gasteiger partial charge is 0.478 e. The quantitative estimate of drug-likeness (QED) is 0.776. The number of carbonyl (C=O) groups is 2. The first-order chi connectivity index (χ1) is 9.04. The minimum absolute atomic E-state index is 0.0169. The second-order valence-electron chi connectivity index (χ2n) is 3.78. The molecule has 0 unspecified atom stereocenters. The van der Waals surface area contributed by atoms with Gasteiger partial charge in [0.1, 0.15) is 6.54 Å². The van der Waals surface area contributed by atoms with Crippen LogP contribution in [0, 0.1) is 11.6 Å². The SMILES string of the molecule is CCOC(=O)CN1C(=O)COc2c1ccc(F)c2F. The van der Waals surface area contributed by atoms with E-state index >= 15 is 0 Å². The minimum Gasteiger partial charge on any atom is -0.478 e. The number of esters is 1. The normalized spacial score (nSPS) is 13.8. The number of amides is 1. The van der Waals surface area contributed by atoms with Crippen molar-refractivity contribution in [1.82, 2.24) is 0 Å². The highest BCUT2D eigenvalue weighted by Gasteiger charge is 2.31. The number of rotatable bonds is 3. The van der Waals surface area contributed by atoms with Gasteiger partial charge in [-0.2, -0.15) is 4.39 Å². The van der Waals surface area contributed by atoms with Crippen LogP contribution in [0.3, 0.4) is 0 Å². The van der Waals surface area contributed by atoms with Crippen molar-refractivity contribution in [2.24, 2.45) is 0 Å². The molecule has 0 saturated carbocycles. The number of carbonyl (C=O) groups excluding carboxylic acids is 2. The van der Waals surface area contributed by atoms with Gasteiger partial charge in [-0.05, 0) is 19.1 Å². The Bertz CT molecular complexity index is 533. The van der Waals surface area contributed by atoms with Gasteiger partial charge in [0.05, 0.1) is 12.3 Å². The van der Waals surface area contributed by atoms with E-state index in [1.165, 1.54) is 6.07 Å². The molecule has 1 aromatic carbocycles. The van der Waals surface area contributed by atoms with Crippen molar-refractivity contribution >= 4 is 17.6 Å². The number of nitrogens with zero attached hydrogens (tertiary/aromatic N) is 1. The number of hydrogen-bond acceptors (Lipinski definition) is 4. The van der Waals surface area contributed by atoms with Crippen molar-refractivity contribution in [3.8, 4) is 5.75 Å². The molecule has 19 heavy (non-hydrogen) atoms. The molecule has 1 aliphatic rings. The summed E-state index contributed by atoms with van der Waals surface area (Å²) < 4.78 is 36.2. The van der Waals surface area contributed by atoms with Crippen LogP contribution in [-0.2, 0) is 14.3 Å². The Balaban J connectivity index is 2.33. The highest BCUT2D eigenvalue weighted by molar-refractivity contribution is 6.01. The molecule has 0 fully saturated rings. The summed E-state index contributed by atoms with van der Waals surface area (Å²) in [4.78, 5) is 24.1. The molecule has 0 saturated heterocycles. The van der Waals surface area contributed by atoms with Crippen LogP contribution in [0.1, 0.15) is 6.92 Å². The summed E-state index contributed by atoms with van der Waals surface area (Å²) in [5, 5.41) is 0. The lowest BCUT2D eigenvalue weighted by atomic mass is 10.2. The van der Waals surface area contributed by atoms with Gasteiger partial charge in [0.25, 0.3) is 5.91 Å². The Labute approximate surface area is 107 Å². The van der Waals surface area contributed by atoms with Crippen LogP contribution in [0.5, 0.6) is 5.75 Å². The molecule has 5 nitrogen and oxygen atoms in total. The molecule has 0 spiro atoms. The molecular weight excluding hydrogens is 260 g/mol. The van der Waals surface area contributed by atoms with E-state index in [2.05, 4.69) is 0 Å². The number of hydrogen-bond donors (Lipinski definition) is 0. The van der Waals surface area contributed by atoms with Gasteiger partial charge in [0, 0.05) is 0 Å². The number of halogens is 2. The molecule has 0 bridgehead atoms. The smallest absolute Gasteiger partial charge is 0.326 e. The number of ether oxygens (including phenoxy) is 2. The Morgan fingerprint density at radius 1 is 1.47 bits per heavy atom. The van der Waals surface area contributed by atoms with Crippen LogP contribution in [0.2, 0.25) is 0 Å². The molecule has 7 heteroatoms. The van der Waals surface area contributed by atoms with Crippen LogP contribution in [0.25, 0.3) is 0 Å². The first kappa shape index (κ1) is 13.3. The third kappa shape index (κ3) is 2.49. The third-order valence-corrected chi connectivity index (χ3v) is 2.55. The fourth-order valence-electron chi connectivity index (χ4n) is 1.73. The van der Waals surface area contributed by atoms with Crippen LogP contribution < -0.4 is 9.64 Å². The topological polar surface area (TPSA) is 55.8 Å². The Morgan fingerprint density at radius 3 is 2.89 bits per heavy atom. The number of benzene rings is 1. The maximum Gasteiger partial charge on any atom is 0.326 e. The molecular formula is C12H11F2NO4. The Kier molecular flexibility index (Phi) is 3.64. The summed E-state index contributed by atoms with van der Waals surface area (Å²) in [6.45, 7) is 0.977. The lowest BCUT2D eigenvalue weighted by Gasteiger charge is -2.28. The Morgan fingerprint density at radius 2 is 2.21 bits per heavy atom. The minimum atomic E-state index is -1.18. The van der Waals surface area contributed by atoms with Crippen LogP contribution in [0.4, 0.5) is 14.5 Å². The van der Waals surface area contributed by atoms with Gasteiger partial charge < -0.3 is 9.47 Å². The number of fused-ring (bicyclic) bond motifs is 1. The zero-order valence-electron chi connectivity index (χ0n) is 10.1. The average Bonchev–Trinajstić information content (AvgIpc) is 2.37. The predicted octanol–water partition coefficient (Wildman–Crippen LogP) is 1.25. The van der Waals surface area contributed by atoms with E-state index in [1.807, 2.05) is 0 Å². The summed E-state index contributed by atoms with van der Waals surface area (Å²) in [7, 11) is 0. The van der Waals surface area contributed by atoms with Gasteiger partial charge in [0.15, 0.2) is 18.2 Å². The second-order valence-corrected chi connectivity index (χ2v) is 3.78. The van der Waals surface area contributed by atoms with Crippen LogP contribution in [-0.4, -0.2) is 31.6 Å². The molecule has 0 radical (unpaired) electrons. The monoisotopic (exact) mass is 271 g/mol. The first-order valence-electron chi connectivity index (χ1n) is 5.61. The zero-order valence-corrected chi connectivity index (χ0v) is 10.1. The van der Waals surface area contributed by atoms with Crippen molar-refractivity contribution in [1.29, 1.82) is 0 Å². The standard InChI is InChI=1S/C12H11F2NO4/c1-2-18-10(17)5-15-8-4-3-7(13)11(14)12(8)19-6-9(15)16/h3-4H,2,5-6H2,1H3. The molecule has 1 aromatic rings. The van der Waals surface area contributed by atoms with Crippen molar-refractivity contribution in [2.75, 3.05) is 24.7 Å². The van der Waals surface area contributed by atoms with Crippen molar-refractivity contribution in [3.63, 3.8) is 0 Å². The van der Waals surface area contributed by atoms with Crippen LogP contribution >= 0.6 is 0 Å². The van der Waals surface area contributed by atoms with Crippen molar-refractivity contribution in [3.05, 3.63) is 23.8 Å². The third-order valence-electron chi connectivity index (χ3n) is 2.55. The van der Waals surface area contributed by atoms with Gasteiger partial charge in [-0.1, -0.05) is 0 Å². The van der Waals surface area contributed by atoms with Crippen LogP contribution in [0.15, 0.2) is 12.1 Å². The summed E-state index contributed by atoms with van der Waals surface area (Å²) in [6, 6.07) is 2.05. The van der Waals surface area contributed by atoms with E-state index in [0.717, 1.165) is 11.0 Å². The lowest BCUT2D eigenvalue weighted by molar-refractivity contribution is -0.142. The average molecular weight is 271 g/mol. The van der Waals surface area contributed by atoms with E-state index in [0.29, 0.717) is 0 Å². The summed E-state index contributed by atoms with van der Waals surface area (Å²) in [5.74, 6) is -3.79. The van der Waals surface area contributed by atoms with E-state index in [4.69, 9.17) is 9.47 Å². The molecule has 1 aliphatic heterocycles. The first-order valence-corrected chi connectivity index (χ1v) is 5.61. The van der Waals surface area contributed by atoms with Gasteiger partial charge >= 0.3 is 5.97 Å². The summed E-state index contributed by atoms with van der Waals surface area (Å²) in [6.07, 6.45) is 0. The molecule has 0 N–H and O–H groups in total. The molecule has 2 rings (SSSR count). The van der Waals surface area contributed by atoms with E-state index in [9.17, 15) is 18.4 Å². The fourth-order valence-corrected chi connectivity index (χ4v) is 1.73.